The zero-order chi connectivity index (χ0) is 12.0. The molecule has 94 valence electrons. The molecule has 1 rings (SSSR count). The zero-order valence-electron chi connectivity index (χ0n) is 9.20. The number of hydrogen-bond donors (Lipinski definition) is 1. The Morgan fingerprint density at radius 2 is 2.31 bits per heavy atom. The Bertz CT molecular complexity index is 221. The van der Waals surface area contributed by atoms with E-state index in [2.05, 4.69) is 0 Å². The van der Waals surface area contributed by atoms with Gasteiger partial charge in [-0.2, -0.15) is 0 Å². The van der Waals surface area contributed by atoms with Crippen molar-refractivity contribution in [3.05, 3.63) is 0 Å². The Kier molecular flexibility index (Phi) is 5.62. The van der Waals surface area contributed by atoms with E-state index in [1.54, 1.807) is 0 Å². The summed E-state index contributed by atoms with van der Waals surface area (Å²) in [4.78, 5) is 12.8. The Morgan fingerprint density at radius 3 is 2.81 bits per heavy atom. The first-order valence-corrected chi connectivity index (χ1v) is 5.51. The molecule has 1 aliphatic heterocycles. The van der Waals surface area contributed by atoms with Crippen molar-refractivity contribution in [3.63, 3.8) is 0 Å². The monoisotopic (exact) mass is 236 g/mol. The van der Waals surface area contributed by atoms with Gasteiger partial charge in [0.2, 0.25) is 5.91 Å². The number of halogens is 2. The van der Waals surface area contributed by atoms with E-state index >= 15 is 0 Å². The van der Waals surface area contributed by atoms with E-state index in [1.165, 1.54) is 0 Å². The topological polar surface area (TPSA) is 55.6 Å². The van der Waals surface area contributed by atoms with Crippen LogP contribution in [0.3, 0.4) is 0 Å². The highest BCUT2D eigenvalue weighted by Gasteiger charge is 2.23. The number of carbonyl (C=O) groups excluding carboxylic acids is 1. The van der Waals surface area contributed by atoms with E-state index in [4.69, 9.17) is 10.5 Å². The summed E-state index contributed by atoms with van der Waals surface area (Å²) in [5, 5.41) is 0. The highest BCUT2D eigenvalue weighted by Crippen LogP contribution is 2.16. The molecule has 0 radical (unpaired) electrons. The Hall–Kier alpha value is -0.750. The lowest BCUT2D eigenvalue weighted by atomic mass is 10.1. The summed E-state index contributed by atoms with van der Waals surface area (Å²) in [6.45, 7) is 0.492. The predicted molar refractivity (Wildman–Crippen MR) is 55.2 cm³/mol. The van der Waals surface area contributed by atoms with Crippen molar-refractivity contribution in [1.29, 1.82) is 0 Å². The number of alkyl halides is 2. The quantitative estimate of drug-likeness (QED) is 0.735. The van der Waals surface area contributed by atoms with Crippen LogP contribution in [-0.4, -0.2) is 49.6 Å². The van der Waals surface area contributed by atoms with Crippen LogP contribution in [0.4, 0.5) is 8.78 Å². The molecule has 1 atom stereocenters. The van der Waals surface area contributed by atoms with Gasteiger partial charge in [0.25, 0.3) is 6.43 Å². The Balaban J connectivity index is 2.39. The molecule has 1 aliphatic rings. The molecular formula is C10H18F2N2O2. The van der Waals surface area contributed by atoms with E-state index in [0.717, 1.165) is 17.7 Å². The van der Waals surface area contributed by atoms with Gasteiger partial charge in [-0.25, -0.2) is 8.78 Å². The van der Waals surface area contributed by atoms with Gasteiger partial charge in [0.05, 0.1) is 19.1 Å². The maximum absolute atomic E-state index is 12.2. The molecule has 4 nitrogen and oxygen atoms in total. The highest BCUT2D eigenvalue weighted by atomic mass is 19.3. The summed E-state index contributed by atoms with van der Waals surface area (Å²) in [7, 11) is 0. The van der Waals surface area contributed by atoms with Crippen molar-refractivity contribution in [3.8, 4) is 0 Å². The molecule has 0 aliphatic carbocycles. The molecule has 0 spiro atoms. The fraction of sp³-hybridized carbons (Fsp3) is 0.900. The van der Waals surface area contributed by atoms with Crippen LogP contribution in [0.25, 0.3) is 0 Å². The fourth-order valence-corrected chi connectivity index (χ4v) is 1.77. The van der Waals surface area contributed by atoms with Crippen LogP contribution in [0.15, 0.2) is 0 Å². The number of ether oxygens (including phenoxy) is 1. The van der Waals surface area contributed by atoms with Crippen molar-refractivity contribution in [1.82, 2.24) is 4.90 Å². The van der Waals surface area contributed by atoms with Crippen molar-refractivity contribution in [2.24, 2.45) is 5.73 Å². The van der Waals surface area contributed by atoms with Crippen molar-refractivity contribution in [2.45, 2.75) is 31.8 Å². The molecule has 1 unspecified atom stereocenters. The molecule has 0 aromatic rings. The van der Waals surface area contributed by atoms with E-state index < -0.39 is 13.0 Å². The third-order valence-electron chi connectivity index (χ3n) is 2.54. The minimum atomic E-state index is -2.51. The largest absolute Gasteiger partial charge is 0.378 e. The van der Waals surface area contributed by atoms with Gasteiger partial charge in [0.1, 0.15) is 0 Å². The molecule has 1 saturated heterocycles. The number of nitrogens with two attached hydrogens (primary N) is 1. The van der Waals surface area contributed by atoms with Crippen LogP contribution >= 0.6 is 0 Å². The summed E-state index contributed by atoms with van der Waals surface area (Å²) in [6.07, 6.45) is -0.668. The highest BCUT2D eigenvalue weighted by molar-refractivity contribution is 5.76. The van der Waals surface area contributed by atoms with Crippen LogP contribution in [0, 0.1) is 0 Å². The number of amides is 1. The Labute approximate surface area is 93.7 Å². The van der Waals surface area contributed by atoms with Crippen LogP contribution in [-0.2, 0) is 9.53 Å². The van der Waals surface area contributed by atoms with Crippen molar-refractivity contribution < 1.29 is 18.3 Å². The first-order valence-electron chi connectivity index (χ1n) is 5.51. The molecule has 0 aromatic heterocycles. The third-order valence-corrected chi connectivity index (χ3v) is 2.54. The average Bonchev–Trinajstić information content (AvgIpc) is 2.69. The van der Waals surface area contributed by atoms with E-state index in [-0.39, 0.29) is 31.5 Å². The first kappa shape index (κ1) is 13.3. The lowest BCUT2D eigenvalue weighted by Gasteiger charge is -2.22. The summed E-state index contributed by atoms with van der Waals surface area (Å²) in [6, 6.07) is 0. The molecule has 1 heterocycles. The number of nitrogens with zero attached hydrogens (tertiary/aromatic N) is 1. The lowest BCUT2D eigenvalue weighted by molar-refractivity contribution is -0.135. The number of rotatable bonds is 6. The maximum Gasteiger partial charge on any atom is 0.255 e. The number of hydrogen-bond acceptors (Lipinski definition) is 3. The van der Waals surface area contributed by atoms with Crippen molar-refractivity contribution in [2.75, 3.05) is 26.2 Å². The van der Waals surface area contributed by atoms with Crippen molar-refractivity contribution >= 4 is 5.91 Å². The zero-order valence-corrected chi connectivity index (χ0v) is 9.20. The summed E-state index contributed by atoms with van der Waals surface area (Å²) in [5.74, 6) is -0.294. The second kappa shape index (κ2) is 6.75. The minimum Gasteiger partial charge on any atom is -0.378 e. The van der Waals surface area contributed by atoms with Gasteiger partial charge in [-0.05, 0) is 12.8 Å². The van der Waals surface area contributed by atoms with E-state index in [0.29, 0.717) is 6.61 Å². The number of carbonyl (C=O) groups is 1. The molecular weight excluding hydrogens is 218 g/mol. The van der Waals surface area contributed by atoms with Crippen LogP contribution in [0.5, 0.6) is 0 Å². The molecule has 0 bridgehead atoms. The molecule has 2 N–H and O–H groups in total. The van der Waals surface area contributed by atoms with Gasteiger partial charge in [-0.3, -0.25) is 4.79 Å². The van der Waals surface area contributed by atoms with Gasteiger partial charge in [-0.15, -0.1) is 0 Å². The first-order chi connectivity index (χ1) is 7.63. The van der Waals surface area contributed by atoms with Crippen LogP contribution < -0.4 is 5.73 Å². The smallest absolute Gasteiger partial charge is 0.255 e. The molecule has 1 amide bonds. The molecule has 0 saturated carbocycles. The normalized spacial score (nSPS) is 20.4. The fourth-order valence-electron chi connectivity index (χ4n) is 1.77. The van der Waals surface area contributed by atoms with Gasteiger partial charge < -0.3 is 15.4 Å². The predicted octanol–water partition coefficient (Wildman–Crippen LogP) is 0.608. The minimum absolute atomic E-state index is 0.106. The molecule has 6 heteroatoms. The third kappa shape index (κ3) is 4.40. The second-order valence-electron chi connectivity index (χ2n) is 3.86. The standard InChI is InChI=1S/C10H18F2N2O2/c11-9(12)7-14(4-3-13)10(15)6-8-2-1-5-16-8/h8-9H,1-7,13H2. The van der Waals surface area contributed by atoms with Crippen LogP contribution in [0.1, 0.15) is 19.3 Å². The average molecular weight is 236 g/mol. The van der Waals surface area contributed by atoms with Gasteiger partial charge in [0, 0.05) is 19.7 Å². The van der Waals surface area contributed by atoms with Gasteiger partial charge in [0.15, 0.2) is 0 Å². The van der Waals surface area contributed by atoms with Crippen LogP contribution in [0.2, 0.25) is 0 Å². The summed E-state index contributed by atoms with van der Waals surface area (Å²) in [5.41, 5.74) is 5.28. The molecule has 0 aromatic carbocycles. The maximum atomic E-state index is 12.2. The lowest BCUT2D eigenvalue weighted by Crippen LogP contribution is -2.40. The van der Waals surface area contributed by atoms with Gasteiger partial charge in [-0.1, -0.05) is 0 Å². The molecule has 16 heavy (non-hydrogen) atoms. The van der Waals surface area contributed by atoms with E-state index in [1.807, 2.05) is 0 Å². The Morgan fingerprint density at radius 1 is 1.56 bits per heavy atom. The second-order valence-corrected chi connectivity index (χ2v) is 3.86. The summed E-state index contributed by atoms with van der Waals surface area (Å²) < 4.78 is 29.7. The molecule has 1 fully saturated rings. The SMILES string of the molecule is NCCN(CC(F)F)C(=O)CC1CCCO1. The van der Waals surface area contributed by atoms with Gasteiger partial charge >= 0.3 is 0 Å². The summed E-state index contributed by atoms with van der Waals surface area (Å²) >= 11 is 0. The van der Waals surface area contributed by atoms with E-state index in [9.17, 15) is 13.6 Å².